The van der Waals surface area contributed by atoms with Gasteiger partial charge in [0.1, 0.15) is 0 Å². The van der Waals surface area contributed by atoms with Gasteiger partial charge in [0.25, 0.3) is 0 Å². The van der Waals surface area contributed by atoms with Crippen molar-refractivity contribution in [1.29, 1.82) is 0 Å². The lowest BCUT2D eigenvalue weighted by Crippen LogP contribution is -2.46. The topological polar surface area (TPSA) is 35.5 Å². The van der Waals surface area contributed by atoms with Crippen molar-refractivity contribution < 1.29 is 5.11 Å². The monoisotopic (exact) mass is 284 g/mol. The van der Waals surface area contributed by atoms with Gasteiger partial charge in [0.15, 0.2) is 0 Å². The molecule has 1 atom stereocenters. The highest BCUT2D eigenvalue weighted by Gasteiger charge is 2.22. The minimum absolute atomic E-state index is 0.0955. The second kappa shape index (κ2) is 9.75. The molecule has 20 heavy (non-hydrogen) atoms. The number of aliphatic hydroxyl groups excluding tert-OH is 1. The van der Waals surface area contributed by atoms with Crippen molar-refractivity contribution in [2.75, 3.05) is 33.3 Å². The molecule has 1 saturated carbocycles. The van der Waals surface area contributed by atoms with Crippen LogP contribution in [-0.4, -0.2) is 48.8 Å². The highest BCUT2D eigenvalue weighted by atomic mass is 16.3. The SMILES string of the molecule is CCCNC(C)(CO)CCCN(C)CC1CCCCC1. The molecule has 0 aromatic carbocycles. The van der Waals surface area contributed by atoms with E-state index in [-0.39, 0.29) is 12.1 Å². The number of hydrogen-bond donors (Lipinski definition) is 2. The van der Waals surface area contributed by atoms with E-state index >= 15 is 0 Å². The van der Waals surface area contributed by atoms with E-state index in [1.54, 1.807) is 0 Å². The zero-order valence-corrected chi connectivity index (χ0v) is 14.0. The first kappa shape index (κ1) is 17.9. The first-order valence-electron chi connectivity index (χ1n) is 8.64. The molecular formula is C17H36N2O. The van der Waals surface area contributed by atoms with Crippen LogP contribution in [0.3, 0.4) is 0 Å². The maximum absolute atomic E-state index is 9.56. The molecule has 1 rings (SSSR count). The van der Waals surface area contributed by atoms with Crippen LogP contribution in [0.25, 0.3) is 0 Å². The van der Waals surface area contributed by atoms with Crippen LogP contribution in [0.2, 0.25) is 0 Å². The Bertz CT molecular complexity index is 241. The van der Waals surface area contributed by atoms with Gasteiger partial charge in [-0.3, -0.25) is 0 Å². The van der Waals surface area contributed by atoms with Crippen molar-refractivity contribution in [3.8, 4) is 0 Å². The Balaban J connectivity index is 2.17. The Hall–Kier alpha value is -0.120. The molecular weight excluding hydrogens is 248 g/mol. The molecule has 1 aliphatic carbocycles. The number of hydrogen-bond acceptors (Lipinski definition) is 3. The Morgan fingerprint density at radius 3 is 2.55 bits per heavy atom. The third-order valence-corrected chi connectivity index (χ3v) is 4.71. The highest BCUT2D eigenvalue weighted by Crippen LogP contribution is 2.24. The van der Waals surface area contributed by atoms with Crippen LogP contribution in [0.1, 0.15) is 65.2 Å². The molecule has 0 aromatic heterocycles. The predicted molar refractivity (Wildman–Crippen MR) is 87.1 cm³/mol. The molecule has 120 valence electrons. The van der Waals surface area contributed by atoms with Crippen LogP contribution in [0, 0.1) is 5.92 Å². The van der Waals surface area contributed by atoms with Gasteiger partial charge in [0.05, 0.1) is 6.61 Å². The van der Waals surface area contributed by atoms with Crippen molar-refractivity contribution in [2.45, 2.75) is 70.8 Å². The van der Waals surface area contributed by atoms with Gasteiger partial charge >= 0.3 is 0 Å². The number of nitrogens with one attached hydrogen (secondary N) is 1. The molecule has 0 bridgehead atoms. The van der Waals surface area contributed by atoms with Gasteiger partial charge in [-0.1, -0.05) is 26.2 Å². The van der Waals surface area contributed by atoms with Crippen LogP contribution in [0.5, 0.6) is 0 Å². The summed E-state index contributed by atoms with van der Waals surface area (Å²) in [6, 6.07) is 0. The summed E-state index contributed by atoms with van der Waals surface area (Å²) in [6.07, 6.45) is 10.5. The van der Waals surface area contributed by atoms with Crippen LogP contribution in [0.4, 0.5) is 0 Å². The zero-order valence-electron chi connectivity index (χ0n) is 14.0. The summed E-state index contributed by atoms with van der Waals surface area (Å²) in [6.45, 7) is 7.96. The lowest BCUT2D eigenvalue weighted by atomic mass is 9.89. The van der Waals surface area contributed by atoms with Gasteiger partial charge in [-0.05, 0) is 65.1 Å². The van der Waals surface area contributed by atoms with Crippen LogP contribution in [0.15, 0.2) is 0 Å². The summed E-state index contributed by atoms with van der Waals surface area (Å²) in [5.74, 6) is 0.927. The molecule has 0 heterocycles. The third kappa shape index (κ3) is 7.05. The van der Waals surface area contributed by atoms with E-state index in [0.717, 1.165) is 38.3 Å². The van der Waals surface area contributed by atoms with Gasteiger partial charge in [0, 0.05) is 12.1 Å². The van der Waals surface area contributed by atoms with Crippen molar-refractivity contribution in [3.05, 3.63) is 0 Å². The van der Waals surface area contributed by atoms with Crippen LogP contribution >= 0.6 is 0 Å². The smallest absolute Gasteiger partial charge is 0.0610 e. The van der Waals surface area contributed by atoms with E-state index in [1.165, 1.54) is 38.6 Å². The lowest BCUT2D eigenvalue weighted by Gasteiger charge is -2.31. The molecule has 3 heteroatoms. The third-order valence-electron chi connectivity index (χ3n) is 4.71. The minimum Gasteiger partial charge on any atom is -0.394 e. The maximum atomic E-state index is 9.56. The van der Waals surface area contributed by atoms with E-state index < -0.39 is 0 Å². The van der Waals surface area contributed by atoms with Crippen LogP contribution < -0.4 is 5.32 Å². The summed E-state index contributed by atoms with van der Waals surface area (Å²) in [5.41, 5.74) is -0.0955. The fraction of sp³-hybridized carbons (Fsp3) is 1.00. The summed E-state index contributed by atoms with van der Waals surface area (Å²) < 4.78 is 0. The molecule has 0 amide bonds. The van der Waals surface area contributed by atoms with E-state index in [2.05, 4.69) is 31.1 Å². The van der Waals surface area contributed by atoms with Gasteiger partial charge in [-0.15, -0.1) is 0 Å². The molecule has 0 aliphatic heterocycles. The zero-order chi connectivity index (χ0) is 14.8. The Labute approximate surface area is 126 Å². The molecule has 0 saturated heterocycles. The maximum Gasteiger partial charge on any atom is 0.0610 e. The molecule has 1 unspecified atom stereocenters. The second-order valence-corrected chi connectivity index (χ2v) is 7.02. The van der Waals surface area contributed by atoms with Gasteiger partial charge < -0.3 is 15.3 Å². The van der Waals surface area contributed by atoms with E-state index in [0.29, 0.717) is 0 Å². The minimum atomic E-state index is -0.0955. The van der Waals surface area contributed by atoms with Gasteiger partial charge in [-0.2, -0.15) is 0 Å². The quantitative estimate of drug-likeness (QED) is 0.647. The fourth-order valence-corrected chi connectivity index (χ4v) is 3.29. The highest BCUT2D eigenvalue weighted by molar-refractivity contribution is 4.82. The Morgan fingerprint density at radius 2 is 1.95 bits per heavy atom. The van der Waals surface area contributed by atoms with E-state index in [4.69, 9.17) is 0 Å². The summed E-state index contributed by atoms with van der Waals surface area (Å²) in [7, 11) is 2.25. The molecule has 3 nitrogen and oxygen atoms in total. The molecule has 0 aromatic rings. The fourth-order valence-electron chi connectivity index (χ4n) is 3.29. The Kier molecular flexibility index (Phi) is 8.74. The molecule has 1 aliphatic rings. The van der Waals surface area contributed by atoms with Gasteiger partial charge in [-0.25, -0.2) is 0 Å². The average molecular weight is 284 g/mol. The average Bonchev–Trinajstić information content (AvgIpc) is 2.46. The largest absolute Gasteiger partial charge is 0.394 e. The Morgan fingerprint density at radius 1 is 1.25 bits per heavy atom. The second-order valence-electron chi connectivity index (χ2n) is 7.02. The first-order valence-corrected chi connectivity index (χ1v) is 8.64. The summed E-state index contributed by atoms with van der Waals surface area (Å²) in [5, 5.41) is 13.0. The van der Waals surface area contributed by atoms with Crippen molar-refractivity contribution >= 4 is 0 Å². The number of rotatable bonds is 10. The number of nitrogens with zero attached hydrogens (tertiary/aromatic N) is 1. The van der Waals surface area contributed by atoms with Crippen molar-refractivity contribution in [1.82, 2.24) is 10.2 Å². The predicted octanol–water partition coefficient (Wildman–Crippen LogP) is 3.03. The normalized spacial score (nSPS) is 20.2. The van der Waals surface area contributed by atoms with Gasteiger partial charge in [0.2, 0.25) is 0 Å². The van der Waals surface area contributed by atoms with Crippen molar-refractivity contribution in [2.24, 2.45) is 5.92 Å². The van der Waals surface area contributed by atoms with E-state index in [9.17, 15) is 5.11 Å². The van der Waals surface area contributed by atoms with Crippen LogP contribution in [-0.2, 0) is 0 Å². The van der Waals surface area contributed by atoms with Crippen molar-refractivity contribution in [3.63, 3.8) is 0 Å². The first-order chi connectivity index (χ1) is 9.59. The standard InChI is InChI=1S/C17H36N2O/c1-4-12-18-17(2,15-20)11-8-13-19(3)14-16-9-6-5-7-10-16/h16,18,20H,4-15H2,1-3H3. The van der Waals surface area contributed by atoms with E-state index in [1.807, 2.05) is 0 Å². The molecule has 0 spiro atoms. The summed E-state index contributed by atoms with van der Waals surface area (Å²) >= 11 is 0. The molecule has 0 radical (unpaired) electrons. The summed E-state index contributed by atoms with van der Waals surface area (Å²) in [4.78, 5) is 2.49. The number of aliphatic hydroxyl groups is 1. The molecule has 2 N–H and O–H groups in total. The molecule has 1 fully saturated rings. The lowest BCUT2D eigenvalue weighted by molar-refractivity contribution is 0.155.